The number of halogens is 3. The Morgan fingerprint density at radius 2 is 1.73 bits per heavy atom. The lowest BCUT2D eigenvalue weighted by Crippen LogP contribution is -2.60. The van der Waals surface area contributed by atoms with Crippen LogP contribution in [-0.4, -0.2) is 71.3 Å². The van der Waals surface area contributed by atoms with Crippen LogP contribution in [0.1, 0.15) is 48.2 Å². The molecule has 0 saturated carbocycles. The molecular weight excluding hydrogens is 483 g/mol. The molecule has 3 heterocycles. The van der Waals surface area contributed by atoms with Gasteiger partial charge in [0.1, 0.15) is 0 Å². The van der Waals surface area contributed by atoms with E-state index in [-0.39, 0.29) is 36.2 Å². The van der Waals surface area contributed by atoms with Crippen LogP contribution in [0.2, 0.25) is 0 Å². The highest BCUT2D eigenvalue weighted by molar-refractivity contribution is 5.97. The lowest BCUT2D eigenvalue weighted by Gasteiger charge is -2.46. The number of Topliss-reactive ketones (excluding diaryl/α,β-unsaturated/α-hetero) is 1. The Kier molecular flexibility index (Phi) is 7.83. The maximum Gasteiger partial charge on any atom is 0.417 e. The zero-order chi connectivity index (χ0) is 26.7. The zero-order valence-corrected chi connectivity index (χ0v) is 20.9. The Hall–Kier alpha value is -3.45. The van der Waals surface area contributed by atoms with Crippen LogP contribution < -0.4 is 4.90 Å². The van der Waals surface area contributed by atoms with Gasteiger partial charge in [0.2, 0.25) is 5.91 Å². The van der Waals surface area contributed by atoms with Crippen molar-refractivity contribution in [2.45, 2.75) is 44.9 Å². The van der Waals surface area contributed by atoms with Crippen molar-refractivity contribution in [1.29, 1.82) is 5.26 Å². The largest absolute Gasteiger partial charge is 0.417 e. The molecule has 1 aromatic carbocycles. The number of pyridine rings is 1. The fraction of sp³-hybridized carbons (Fsp3) is 0.481. The molecule has 2 saturated heterocycles. The van der Waals surface area contributed by atoms with Crippen LogP contribution in [-0.2, 0) is 11.0 Å². The number of likely N-dealkylation sites (tertiary alicyclic amines) is 1. The summed E-state index contributed by atoms with van der Waals surface area (Å²) in [6.07, 6.45) is -0.0219. The van der Waals surface area contributed by atoms with Gasteiger partial charge in [-0.05, 0) is 70.1 Å². The minimum atomic E-state index is -4.62. The number of alkyl halides is 3. The van der Waals surface area contributed by atoms with Gasteiger partial charge in [0, 0.05) is 54.7 Å². The third-order valence-corrected chi connectivity index (χ3v) is 7.35. The van der Waals surface area contributed by atoms with E-state index in [2.05, 4.69) is 9.88 Å². The molecule has 196 valence electrons. The summed E-state index contributed by atoms with van der Waals surface area (Å²) in [6, 6.07) is 8.43. The molecule has 0 radical (unpaired) electrons. The summed E-state index contributed by atoms with van der Waals surface area (Å²) < 4.78 is 40.4. The fourth-order valence-corrected chi connectivity index (χ4v) is 5.26. The quantitative estimate of drug-likeness (QED) is 0.563. The summed E-state index contributed by atoms with van der Waals surface area (Å²) in [6.45, 7) is 6.11. The van der Waals surface area contributed by atoms with E-state index in [9.17, 15) is 22.8 Å². The van der Waals surface area contributed by atoms with E-state index in [4.69, 9.17) is 5.26 Å². The lowest BCUT2D eigenvalue weighted by atomic mass is 9.89. The van der Waals surface area contributed by atoms with Gasteiger partial charge in [-0.3, -0.25) is 19.5 Å². The maximum atomic E-state index is 13.5. The van der Waals surface area contributed by atoms with Gasteiger partial charge in [0.15, 0.2) is 5.78 Å². The van der Waals surface area contributed by atoms with Crippen LogP contribution >= 0.6 is 0 Å². The average molecular weight is 514 g/mol. The van der Waals surface area contributed by atoms with Crippen molar-refractivity contribution in [2.75, 3.05) is 37.6 Å². The number of aromatic nitrogens is 1. The predicted molar refractivity (Wildman–Crippen MR) is 132 cm³/mol. The number of nitrogens with zero attached hydrogens (tertiary/aromatic N) is 5. The predicted octanol–water partition coefficient (Wildman–Crippen LogP) is 3.99. The number of amides is 1. The van der Waals surface area contributed by atoms with Crippen molar-refractivity contribution < 1.29 is 22.8 Å². The number of nitriles is 1. The van der Waals surface area contributed by atoms with Crippen LogP contribution in [0.25, 0.3) is 0 Å². The summed E-state index contributed by atoms with van der Waals surface area (Å²) in [5.41, 5.74) is -0.303. The molecule has 0 N–H and O–H groups in total. The normalized spacial score (nSPS) is 21.5. The van der Waals surface area contributed by atoms with Gasteiger partial charge in [-0.1, -0.05) is 0 Å². The second-order valence-corrected chi connectivity index (χ2v) is 9.89. The van der Waals surface area contributed by atoms with Gasteiger partial charge in [-0.2, -0.15) is 18.4 Å². The van der Waals surface area contributed by atoms with Crippen molar-refractivity contribution >= 4 is 17.4 Å². The fourth-order valence-electron chi connectivity index (χ4n) is 5.26. The van der Waals surface area contributed by atoms with Crippen LogP contribution in [0.4, 0.5) is 18.9 Å². The van der Waals surface area contributed by atoms with E-state index >= 15 is 0 Å². The first-order valence-electron chi connectivity index (χ1n) is 12.4. The van der Waals surface area contributed by atoms with Crippen LogP contribution in [0.15, 0.2) is 42.7 Å². The molecule has 4 rings (SSSR count). The van der Waals surface area contributed by atoms with Gasteiger partial charge in [0.25, 0.3) is 0 Å². The SMILES string of the molecule is C[C@@H]1CN(c2ccc(C#N)c(C(F)(F)F)c2)[C@@H](C)CN1C(=O)CN1CCC(C(=O)c2ccncc2)CC1. The Bertz CT molecular complexity index is 1170. The molecular formula is C27H30F3N5O2. The Morgan fingerprint density at radius 3 is 2.35 bits per heavy atom. The minimum absolute atomic E-state index is 0.0197. The molecule has 0 bridgehead atoms. The van der Waals surface area contributed by atoms with E-state index in [1.54, 1.807) is 35.5 Å². The summed E-state index contributed by atoms with van der Waals surface area (Å²) in [7, 11) is 0. The second-order valence-electron chi connectivity index (χ2n) is 9.89. The van der Waals surface area contributed by atoms with Crippen molar-refractivity contribution in [1.82, 2.24) is 14.8 Å². The molecule has 1 amide bonds. The van der Waals surface area contributed by atoms with E-state index in [0.717, 1.165) is 6.07 Å². The maximum absolute atomic E-state index is 13.5. The number of hydrogen-bond donors (Lipinski definition) is 0. The highest BCUT2D eigenvalue weighted by Crippen LogP contribution is 2.35. The van der Waals surface area contributed by atoms with Gasteiger partial charge >= 0.3 is 6.18 Å². The van der Waals surface area contributed by atoms with Gasteiger partial charge in [-0.15, -0.1) is 0 Å². The second kappa shape index (κ2) is 10.9. The average Bonchev–Trinajstić information content (AvgIpc) is 2.89. The molecule has 0 unspecified atom stereocenters. The molecule has 10 heteroatoms. The van der Waals surface area contributed by atoms with E-state index < -0.39 is 17.3 Å². The number of carbonyl (C=O) groups is 2. The van der Waals surface area contributed by atoms with E-state index in [0.29, 0.717) is 50.3 Å². The number of piperazine rings is 1. The van der Waals surface area contributed by atoms with Crippen molar-refractivity contribution in [3.05, 3.63) is 59.4 Å². The molecule has 7 nitrogen and oxygen atoms in total. The molecule has 2 aromatic rings. The smallest absolute Gasteiger partial charge is 0.365 e. The Balaban J connectivity index is 1.35. The molecule has 2 aliphatic heterocycles. The topological polar surface area (TPSA) is 80.5 Å². The molecule has 2 atom stereocenters. The molecule has 37 heavy (non-hydrogen) atoms. The zero-order valence-electron chi connectivity index (χ0n) is 20.9. The van der Waals surface area contributed by atoms with E-state index in [1.807, 2.05) is 18.7 Å². The first-order valence-corrected chi connectivity index (χ1v) is 12.4. The van der Waals surface area contributed by atoms with Gasteiger partial charge in [0.05, 0.1) is 23.7 Å². The number of hydrogen-bond acceptors (Lipinski definition) is 6. The summed E-state index contributed by atoms with van der Waals surface area (Å²) in [5, 5.41) is 9.07. The molecule has 1 aromatic heterocycles. The highest BCUT2D eigenvalue weighted by Gasteiger charge is 2.37. The summed E-state index contributed by atoms with van der Waals surface area (Å²) in [5.74, 6) is 0.0300. The molecule has 0 aliphatic carbocycles. The first kappa shape index (κ1) is 26.6. The highest BCUT2D eigenvalue weighted by atomic mass is 19.4. The number of carbonyl (C=O) groups excluding carboxylic acids is 2. The number of piperidine rings is 1. The van der Waals surface area contributed by atoms with Crippen LogP contribution in [0.3, 0.4) is 0 Å². The molecule has 2 fully saturated rings. The molecule has 0 spiro atoms. The monoisotopic (exact) mass is 513 g/mol. The Morgan fingerprint density at radius 1 is 1.05 bits per heavy atom. The van der Waals surface area contributed by atoms with Crippen LogP contribution in [0.5, 0.6) is 0 Å². The molecule has 2 aliphatic rings. The standard InChI is InChI=1S/C27H30F3N5O2/c1-18-16-35(19(2)15-34(18)23-4-3-22(14-31)24(13-23)27(28,29)30)25(36)17-33-11-7-21(8-12-33)26(37)20-5-9-32-10-6-20/h3-6,9-10,13,18-19,21H,7-8,11-12,15-17H2,1-2H3/t18-,19+/m0/s1. The minimum Gasteiger partial charge on any atom is -0.365 e. The van der Waals surface area contributed by atoms with Gasteiger partial charge in [-0.25, -0.2) is 0 Å². The van der Waals surface area contributed by atoms with Crippen LogP contribution in [0, 0.1) is 17.2 Å². The number of benzene rings is 1. The number of anilines is 1. The van der Waals surface area contributed by atoms with Crippen molar-refractivity contribution in [3.8, 4) is 6.07 Å². The van der Waals surface area contributed by atoms with Gasteiger partial charge < -0.3 is 9.80 Å². The first-order chi connectivity index (χ1) is 17.6. The summed E-state index contributed by atoms with van der Waals surface area (Å²) in [4.78, 5) is 35.6. The third-order valence-electron chi connectivity index (χ3n) is 7.35. The Labute approximate surface area is 214 Å². The lowest BCUT2D eigenvalue weighted by molar-refractivity contribution is -0.137. The summed E-state index contributed by atoms with van der Waals surface area (Å²) >= 11 is 0. The van der Waals surface area contributed by atoms with Crippen molar-refractivity contribution in [2.24, 2.45) is 5.92 Å². The van der Waals surface area contributed by atoms with E-state index in [1.165, 1.54) is 12.1 Å². The van der Waals surface area contributed by atoms with Crippen molar-refractivity contribution in [3.63, 3.8) is 0 Å². The third kappa shape index (κ3) is 5.93. The number of ketones is 1. The number of rotatable bonds is 5.